The Morgan fingerprint density at radius 3 is 2.85 bits per heavy atom. The average molecular weight is 388 g/mol. The van der Waals surface area contributed by atoms with Crippen LogP contribution in [0.1, 0.15) is 34.7 Å². The quantitative estimate of drug-likeness (QED) is 0.860. The molecule has 1 N–H and O–H groups in total. The fourth-order valence-corrected chi connectivity index (χ4v) is 4.56. The highest BCUT2D eigenvalue weighted by atomic mass is 32.2. The predicted molar refractivity (Wildman–Crippen MR) is 108 cm³/mol. The molecule has 8 heteroatoms. The Balaban J connectivity index is 1.68. The van der Waals surface area contributed by atoms with Gasteiger partial charge < -0.3 is 15.0 Å². The van der Waals surface area contributed by atoms with E-state index in [-0.39, 0.29) is 17.8 Å². The first-order valence-corrected chi connectivity index (χ1v) is 10.7. The van der Waals surface area contributed by atoms with Gasteiger partial charge in [0.15, 0.2) is 5.65 Å². The van der Waals surface area contributed by atoms with Crippen LogP contribution in [0.4, 0.5) is 5.82 Å². The second kappa shape index (κ2) is 7.98. The Labute approximate surface area is 163 Å². The van der Waals surface area contributed by atoms with E-state index in [1.165, 1.54) is 0 Å². The number of nitrogens with one attached hydrogen (secondary N) is 1. The molecule has 2 fully saturated rings. The molecule has 7 nitrogen and oxygen atoms in total. The van der Waals surface area contributed by atoms with E-state index in [0.717, 1.165) is 66.5 Å². The molecule has 2 aromatic rings. The summed E-state index contributed by atoms with van der Waals surface area (Å²) in [5.41, 5.74) is 2.58. The lowest BCUT2D eigenvalue weighted by Crippen LogP contribution is -2.36. The molecule has 0 aromatic carbocycles. The first-order chi connectivity index (χ1) is 13.1. The summed E-state index contributed by atoms with van der Waals surface area (Å²) >= 11 is 1.94. The SMILES string of the molecule is Cc1cc(C)c2c(N3CCSCC3)nc(C(=O)NC[C@@H]3CCCO3)nc2n1. The topological polar surface area (TPSA) is 80.2 Å². The molecule has 2 saturated heterocycles. The highest BCUT2D eigenvalue weighted by molar-refractivity contribution is 7.99. The third kappa shape index (κ3) is 4.01. The predicted octanol–water partition coefficient (Wildman–Crippen LogP) is 2.10. The Morgan fingerprint density at radius 2 is 2.11 bits per heavy atom. The van der Waals surface area contributed by atoms with E-state index in [9.17, 15) is 4.79 Å². The van der Waals surface area contributed by atoms with E-state index in [1.54, 1.807) is 0 Å². The number of amides is 1. The number of carbonyl (C=O) groups is 1. The standard InChI is InChI=1S/C19H25N5O2S/c1-12-10-13(2)21-16-15(12)18(24-5-8-27-9-6-24)23-17(22-16)19(25)20-11-14-4-3-7-26-14/h10,14H,3-9,11H2,1-2H3,(H,20,25)/t14-/m0/s1. The number of hydrogen-bond acceptors (Lipinski definition) is 7. The molecule has 0 spiro atoms. The Hall–Kier alpha value is -1.93. The Morgan fingerprint density at radius 1 is 1.30 bits per heavy atom. The van der Waals surface area contributed by atoms with E-state index in [2.05, 4.69) is 32.1 Å². The van der Waals surface area contributed by atoms with Crippen molar-refractivity contribution in [2.75, 3.05) is 42.6 Å². The van der Waals surface area contributed by atoms with Crippen molar-refractivity contribution in [3.63, 3.8) is 0 Å². The van der Waals surface area contributed by atoms with Crippen LogP contribution in [0.25, 0.3) is 11.0 Å². The lowest BCUT2D eigenvalue weighted by Gasteiger charge is -2.29. The molecule has 0 radical (unpaired) electrons. The van der Waals surface area contributed by atoms with Gasteiger partial charge in [0.1, 0.15) is 5.82 Å². The van der Waals surface area contributed by atoms with Crippen LogP contribution >= 0.6 is 11.8 Å². The van der Waals surface area contributed by atoms with Gasteiger partial charge in [-0.3, -0.25) is 4.79 Å². The Bertz CT molecular complexity index is 848. The summed E-state index contributed by atoms with van der Waals surface area (Å²) < 4.78 is 5.58. The van der Waals surface area contributed by atoms with Gasteiger partial charge in [-0.05, 0) is 38.3 Å². The molecule has 0 unspecified atom stereocenters. The minimum absolute atomic E-state index is 0.0932. The summed E-state index contributed by atoms with van der Waals surface area (Å²) in [6, 6.07) is 2.05. The largest absolute Gasteiger partial charge is 0.376 e. The van der Waals surface area contributed by atoms with E-state index >= 15 is 0 Å². The van der Waals surface area contributed by atoms with Crippen LogP contribution < -0.4 is 10.2 Å². The molecule has 1 amide bonds. The number of carbonyl (C=O) groups excluding carboxylic acids is 1. The highest BCUT2D eigenvalue weighted by Crippen LogP contribution is 2.28. The van der Waals surface area contributed by atoms with Gasteiger partial charge in [0.25, 0.3) is 5.91 Å². The molecule has 4 heterocycles. The van der Waals surface area contributed by atoms with Gasteiger partial charge in [-0.2, -0.15) is 11.8 Å². The molecular formula is C19H25N5O2S. The Kier molecular flexibility index (Phi) is 5.45. The summed E-state index contributed by atoms with van der Waals surface area (Å²) in [6.07, 6.45) is 2.12. The van der Waals surface area contributed by atoms with Crippen molar-refractivity contribution >= 4 is 34.5 Å². The van der Waals surface area contributed by atoms with Crippen molar-refractivity contribution in [1.29, 1.82) is 0 Å². The number of hydrogen-bond donors (Lipinski definition) is 1. The van der Waals surface area contributed by atoms with Gasteiger partial charge in [0.05, 0.1) is 11.5 Å². The molecule has 0 bridgehead atoms. The van der Waals surface area contributed by atoms with Crippen LogP contribution in [-0.4, -0.2) is 64.7 Å². The van der Waals surface area contributed by atoms with E-state index in [4.69, 9.17) is 4.74 Å². The number of thioether (sulfide) groups is 1. The number of aryl methyl sites for hydroxylation is 2. The van der Waals surface area contributed by atoms with Gasteiger partial charge in [0, 0.05) is 43.4 Å². The molecular weight excluding hydrogens is 362 g/mol. The summed E-state index contributed by atoms with van der Waals surface area (Å²) in [5, 5.41) is 3.87. The van der Waals surface area contributed by atoms with Crippen LogP contribution in [-0.2, 0) is 4.74 Å². The minimum Gasteiger partial charge on any atom is -0.376 e. The molecule has 27 heavy (non-hydrogen) atoms. The summed E-state index contributed by atoms with van der Waals surface area (Å²) in [5.74, 6) is 2.87. The minimum atomic E-state index is -0.263. The van der Waals surface area contributed by atoms with Crippen LogP contribution in [0.3, 0.4) is 0 Å². The number of nitrogens with zero attached hydrogens (tertiary/aromatic N) is 4. The number of aromatic nitrogens is 3. The first-order valence-electron chi connectivity index (χ1n) is 9.50. The van der Waals surface area contributed by atoms with Gasteiger partial charge in [-0.25, -0.2) is 15.0 Å². The summed E-state index contributed by atoms with van der Waals surface area (Å²) in [4.78, 5) is 28.7. The number of fused-ring (bicyclic) bond motifs is 1. The van der Waals surface area contributed by atoms with Crippen molar-refractivity contribution in [3.8, 4) is 0 Å². The zero-order valence-electron chi connectivity index (χ0n) is 15.8. The van der Waals surface area contributed by atoms with Crippen molar-refractivity contribution < 1.29 is 9.53 Å². The zero-order chi connectivity index (χ0) is 18.8. The lowest BCUT2D eigenvalue weighted by molar-refractivity contribution is 0.0849. The summed E-state index contributed by atoms with van der Waals surface area (Å²) in [6.45, 7) is 7.10. The molecule has 144 valence electrons. The van der Waals surface area contributed by atoms with Crippen molar-refractivity contribution in [3.05, 3.63) is 23.1 Å². The highest BCUT2D eigenvalue weighted by Gasteiger charge is 2.23. The van der Waals surface area contributed by atoms with E-state index < -0.39 is 0 Å². The molecule has 0 aliphatic carbocycles. The summed E-state index contributed by atoms with van der Waals surface area (Å²) in [7, 11) is 0. The monoisotopic (exact) mass is 387 g/mol. The van der Waals surface area contributed by atoms with Crippen molar-refractivity contribution in [1.82, 2.24) is 20.3 Å². The second-order valence-corrected chi connectivity index (χ2v) is 8.32. The normalized spacial score (nSPS) is 20.2. The van der Waals surface area contributed by atoms with E-state index in [1.807, 2.05) is 24.8 Å². The van der Waals surface area contributed by atoms with Crippen molar-refractivity contribution in [2.24, 2.45) is 0 Å². The number of anilines is 1. The maximum absolute atomic E-state index is 12.7. The lowest BCUT2D eigenvalue weighted by atomic mass is 10.1. The van der Waals surface area contributed by atoms with Crippen LogP contribution in [0.2, 0.25) is 0 Å². The molecule has 2 aromatic heterocycles. The maximum Gasteiger partial charge on any atom is 0.289 e. The molecule has 2 aliphatic heterocycles. The molecule has 1 atom stereocenters. The number of pyridine rings is 1. The number of ether oxygens (including phenoxy) is 1. The fourth-order valence-electron chi connectivity index (χ4n) is 3.65. The number of rotatable bonds is 4. The van der Waals surface area contributed by atoms with E-state index in [0.29, 0.717) is 12.2 Å². The van der Waals surface area contributed by atoms with Crippen LogP contribution in [0.15, 0.2) is 6.07 Å². The second-order valence-electron chi connectivity index (χ2n) is 7.09. The molecule has 4 rings (SSSR count). The van der Waals surface area contributed by atoms with Crippen molar-refractivity contribution in [2.45, 2.75) is 32.8 Å². The third-order valence-corrected chi connectivity index (χ3v) is 5.94. The molecule has 2 aliphatic rings. The third-order valence-electron chi connectivity index (χ3n) is 5.00. The van der Waals surface area contributed by atoms with Gasteiger partial charge >= 0.3 is 0 Å². The zero-order valence-corrected chi connectivity index (χ0v) is 16.6. The van der Waals surface area contributed by atoms with Gasteiger partial charge in [-0.1, -0.05) is 0 Å². The molecule has 0 saturated carbocycles. The van der Waals surface area contributed by atoms with Crippen LogP contribution in [0, 0.1) is 13.8 Å². The maximum atomic E-state index is 12.7. The van der Waals surface area contributed by atoms with Gasteiger partial charge in [0.2, 0.25) is 5.82 Å². The fraction of sp³-hybridized carbons (Fsp3) is 0.579. The van der Waals surface area contributed by atoms with Crippen LogP contribution in [0.5, 0.6) is 0 Å². The smallest absolute Gasteiger partial charge is 0.289 e. The average Bonchev–Trinajstić information content (AvgIpc) is 3.19. The first kappa shape index (κ1) is 18.4. The van der Waals surface area contributed by atoms with Gasteiger partial charge in [-0.15, -0.1) is 0 Å².